The zero-order valence-corrected chi connectivity index (χ0v) is 13.3. The number of halogens is 1. The van der Waals surface area contributed by atoms with Gasteiger partial charge in [-0.05, 0) is 31.2 Å². The smallest absolute Gasteiger partial charge is 0.325 e. The minimum atomic E-state index is -0.361. The van der Waals surface area contributed by atoms with Crippen molar-refractivity contribution in [2.45, 2.75) is 6.92 Å². The van der Waals surface area contributed by atoms with Crippen LogP contribution in [0.2, 0.25) is 0 Å². The minimum Gasteiger partial charge on any atom is -0.465 e. The van der Waals surface area contributed by atoms with Gasteiger partial charge in [0.25, 0.3) is 0 Å². The van der Waals surface area contributed by atoms with Gasteiger partial charge in [0.05, 0.1) is 6.61 Å². The first-order valence-corrected chi connectivity index (χ1v) is 7.43. The lowest BCUT2D eigenvalue weighted by Crippen LogP contribution is -2.28. The molecule has 3 aromatic rings. The molecular weight excluding hydrogens is 313 g/mol. The zero-order valence-electron chi connectivity index (χ0n) is 13.3. The number of anilines is 1. The molecule has 7 nitrogen and oxygen atoms in total. The lowest BCUT2D eigenvalue weighted by atomic mass is 10.2. The van der Waals surface area contributed by atoms with Crippen LogP contribution in [0.15, 0.2) is 36.4 Å². The van der Waals surface area contributed by atoms with E-state index in [0.29, 0.717) is 29.5 Å². The molecule has 124 valence electrons. The van der Waals surface area contributed by atoms with Crippen molar-refractivity contribution in [3.63, 3.8) is 0 Å². The predicted molar refractivity (Wildman–Crippen MR) is 86.1 cm³/mol. The largest absolute Gasteiger partial charge is 0.465 e. The van der Waals surface area contributed by atoms with Crippen LogP contribution in [0.1, 0.15) is 6.92 Å². The summed E-state index contributed by atoms with van der Waals surface area (Å²) in [6.45, 7) is 2.16. The first-order chi connectivity index (χ1) is 11.6. The number of likely N-dealkylation sites (N-methyl/N-ethyl adjacent to an activating group) is 1. The van der Waals surface area contributed by atoms with Crippen LogP contribution in [-0.2, 0) is 9.53 Å². The van der Waals surface area contributed by atoms with Gasteiger partial charge in [0.2, 0.25) is 0 Å². The van der Waals surface area contributed by atoms with Gasteiger partial charge in [-0.15, -0.1) is 15.3 Å². The van der Waals surface area contributed by atoms with Gasteiger partial charge in [-0.25, -0.2) is 4.39 Å². The Morgan fingerprint density at radius 3 is 2.88 bits per heavy atom. The third-order valence-corrected chi connectivity index (χ3v) is 3.39. The molecule has 0 aliphatic carbocycles. The molecular formula is C16H16FN5O2. The van der Waals surface area contributed by atoms with E-state index in [9.17, 15) is 9.18 Å². The molecule has 0 aliphatic rings. The number of esters is 1. The Kier molecular flexibility index (Phi) is 4.37. The van der Waals surface area contributed by atoms with Gasteiger partial charge in [-0.1, -0.05) is 12.1 Å². The second-order valence-electron chi connectivity index (χ2n) is 5.16. The summed E-state index contributed by atoms with van der Waals surface area (Å²) in [7, 11) is 1.73. The number of benzene rings is 1. The summed E-state index contributed by atoms with van der Waals surface area (Å²) in [6.07, 6.45) is 0. The quantitative estimate of drug-likeness (QED) is 0.666. The van der Waals surface area contributed by atoms with Crippen LogP contribution < -0.4 is 4.90 Å². The summed E-state index contributed by atoms with van der Waals surface area (Å²) in [6, 6.07) is 9.53. The Morgan fingerprint density at radius 1 is 1.29 bits per heavy atom. The fraction of sp³-hybridized carbons (Fsp3) is 0.250. The van der Waals surface area contributed by atoms with Crippen molar-refractivity contribution in [2.24, 2.45) is 0 Å². The maximum absolute atomic E-state index is 13.4. The summed E-state index contributed by atoms with van der Waals surface area (Å²) < 4.78 is 19.9. The molecule has 0 fully saturated rings. The molecule has 0 radical (unpaired) electrons. The molecule has 0 atom stereocenters. The highest BCUT2D eigenvalue weighted by Gasteiger charge is 2.14. The van der Waals surface area contributed by atoms with Crippen molar-refractivity contribution in [1.82, 2.24) is 19.8 Å². The number of hydrogen-bond acceptors (Lipinski definition) is 6. The van der Waals surface area contributed by atoms with Crippen molar-refractivity contribution < 1.29 is 13.9 Å². The van der Waals surface area contributed by atoms with Crippen molar-refractivity contribution in [1.29, 1.82) is 0 Å². The number of rotatable bonds is 5. The SMILES string of the molecule is CCOC(=O)CN(C)c1ccc2nnc(-c3cccc(F)c3)n2n1. The van der Waals surface area contributed by atoms with Crippen LogP contribution in [-0.4, -0.2) is 46.0 Å². The van der Waals surface area contributed by atoms with E-state index in [4.69, 9.17) is 4.74 Å². The number of nitrogens with zero attached hydrogens (tertiary/aromatic N) is 5. The van der Waals surface area contributed by atoms with Crippen molar-refractivity contribution in [3.8, 4) is 11.4 Å². The molecule has 0 spiro atoms. The van der Waals surface area contributed by atoms with Gasteiger partial charge in [-0.2, -0.15) is 4.52 Å². The second kappa shape index (κ2) is 6.61. The average Bonchev–Trinajstić information content (AvgIpc) is 2.98. The number of aromatic nitrogens is 4. The standard InChI is InChI=1S/C16H16FN5O2/c1-3-24-15(23)10-21(2)14-8-7-13-18-19-16(22(13)20-14)11-5-4-6-12(17)9-11/h4-9H,3,10H2,1-2H3. The third kappa shape index (κ3) is 3.17. The molecule has 0 amide bonds. The molecule has 3 rings (SSSR count). The molecule has 8 heteroatoms. The van der Waals surface area contributed by atoms with Crippen LogP contribution in [0.3, 0.4) is 0 Å². The highest BCUT2D eigenvalue weighted by Crippen LogP contribution is 2.20. The van der Waals surface area contributed by atoms with Gasteiger partial charge in [-0.3, -0.25) is 4.79 Å². The summed E-state index contributed by atoms with van der Waals surface area (Å²) in [5.74, 6) is 0.278. The molecule has 0 aliphatic heterocycles. The first-order valence-electron chi connectivity index (χ1n) is 7.43. The Bertz CT molecular complexity index is 880. The highest BCUT2D eigenvalue weighted by atomic mass is 19.1. The number of fused-ring (bicyclic) bond motifs is 1. The van der Waals surface area contributed by atoms with E-state index in [1.165, 1.54) is 16.6 Å². The van der Waals surface area contributed by atoms with Crippen LogP contribution in [0.5, 0.6) is 0 Å². The molecule has 1 aromatic carbocycles. The molecule has 0 saturated carbocycles. The number of carbonyl (C=O) groups is 1. The molecule has 0 N–H and O–H groups in total. The van der Waals surface area contributed by atoms with Crippen molar-refractivity contribution >= 4 is 17.4 Å². The van der Waals surface area contributed by atoms with E-state index in [-0.39, 0.29) is 18.3 Å². The molecule has 2 aromatic heterocycles. The number of carbonyl (C=O) groups excluding carboxylic acids is 1. The monoisotopic (exact) mass is 329 g/mol. The van der Waals surface area contributed by atoms with Gasteiger partial charge in [0.1, 0.15) is 18.2 Å². The number of ether oxygens (including phenoxy) is 1. The molecule has 0 bridgehead atoms. The van der Waals surface area contributed by atoms with Crippen molar-refractivity contribution in [2.75, 3.05) is 25.1 Å². The predicted octanol–water partition coefficient (Wildman–Crippen LogP) is 1.93. The Labute approximate surface area is 137 Å². The zero-order chi connectivity index (χ0) is 17.1. The lowest BCUT2D eigenvalue weighted by molar-refractivity contribution is -0.141. The van der Waals surface area contributed by atoms with E-state index in [2.05, 4.69) is 15.3 Å². The van der Waals surface area contributed by atoms with Crippen LogP contribution >= 0.6 is 0 Å². The van der Waals surface area contributed by atoms with Crippen LogP contribution in [0.25, 0.3) is 17.0 Å². The van der Waals surface area contributed by atoms with Gasteiger partial charge in [0, 0.05) is 12.6 Å². The third-order valence-electron chi connectivity index (χ3n) is 3.39. The topological polar surface area (TPSA) is 72.6 Å². The van der Waals surface area contributed by atoms with E-state index in [0.717, 1.165) is 0 Å². The lowest BCUT2D eigenvalue weighted by Gasteiger charge is -2.16. The van der Waals surface area contributed by atoms with Crippen LogP contribution in [0.4, 0.5) is 10.2 Å². The maximum Gasteiger partial charge on any atom is 0.325 e. The molecule has 0 unspecified atom stereocenters. The Hall–Kier alpha value is -3.03. The van der Waals surface area contributed by atoms with Crippen LogP contribution in [0, 0.1) is 5.82 Å². The highest BCUT2D eigenvalue weighted by molar-refractivity contribution is 5.75. The maximum atomic E-state index is 13.4. The summed E-state index contributed by atoms with van der Waals surface area (Å²) >= 11 is 0. The Balaban J connectivity index is 1.95. The average molecular weight is 329 g/mol. The molecule has 24 heavy (non-hydrogen) atoms. The van der Waals surface area contributed by atoms with Gasteiger partial charge < -0.3 is 9.64 Å². The van der Waals surface area contributed by atoms with E-state index >= 15 is 0 Å². The second-order valence-corrected chi connectivity index (χ2v) is 5.16. The number of hydrogen-bond donors (Lipinski definition) is 0. The van der Waals surface area contributed by atoms with Crippen molar-refractivity contribution in [3.05, 3.63) is 42.2 Å². The van der Waals surface area contributed by atoms with E-state index in [1.807, 2.05) is 0 Å². The van der Waals surface area contributed by atoms with Gasteiger partial charge in [0.15, 0.2) is 11.5 Å². The van der Waals surface area contributed by atoms with Gasteiger partial charge >= 0.3 is 5.97 Å². The minimum absolute atomic E-state index is 0.0732. The summed E-state index contributed by atoms with van der Waals surface area (Å²) in [4.78, 5) is 13.3. The van der Waals surface area contributed by atoms with E-state index in [1.54, 1.807) is 43.1 Å². The fourth-order valence-corrected chi connectivity index (χ4v) is 2.27. The summed E-state index contributed by atoms with van der Waals surface area (Å²) in [5.41, 5.74) is 1.10. The summed E-state index contributed by atoms with van der Waals surface area (Å²) in [5, 5.41) is 12.5. The Morgan fingerprint density at radius 2 is 2.12 bits per heavy atom. The van der Waals surface area contributed by atoms with E-state index < -0.39 is 0 Å². The molecule has 0 saturated heterocycles. The first kappa shape index (κ1) is 15.9. The normalized spacial score (nSPS) is 10.8. The fourth-order valence-electron chi connectivity index (χ4n) is 2.27. The molecule has 2 heterocycles.